The molecule has 0 aliphatic heterocycles. The number of carboxylic acids is 1. The highest BCUT2D eigenvalue weighted by atomic mass is 35.5. The number of carbonyl (C=O) groups excluding carboxylic acids is 1. The van der Waals surface area contributed by atoms with Crippen LogP contribution in [0.15, 0.2) is 12.3 Å². The summed E-state index contributed by atoms with van der Waals surface area (Å²) in [5.74, 6) is -1.54. The van der Waals surface area contributed by atoms with Crippen molar-refractivity contribution in [2.45, 2.75) is 0 Å². The van der Waals surface area contributed by atoms with Crippen LogP contribution in [0.3, 0.4) is 0 Å². The molecule has 1 amide bonds. The number of carboxylic acid groups (broad SMARTS) is 1. The Bertz CT molecular complexity index is 373. The summed E-state index contributed by atoms with van der Waals surface area (Å²) in [5.41, 5.74) is 0.330. The third-order valence-corrected chi connectivity index (χ3v) is 1.81. The maximum absolute atomic E-state index is 11.3. The van der Waals surface area contributed by atoms with Crippen LogP contribution in [0.25, 0.3) is 0 Å². The largest absolute Gasteiger partial charge is 0.480 e. The molecular formula is C8H9ClN2O3. The Balaban J connectivity index is 2.69. The van der Waals surface area contributed by atoms with E-state index in [1.54, 1.807) is 13.2 Å². The average Bonchev–Trinajstić information content (AvgIpc) is 2.41. The summed E-state index contributed by atoms with van der Waals surface area (Å²) in [7, 11) is 1.65. The van der Waals surface area contributed by atoms with Crippen LogP contribution in [0.5, 0.6) is 0 Å². The molecule has 1 aromatic heterocycles. The molecule has 0 aliphatic carbocycles. The van der Waals surface area contributed by atoms with Crippen molar-refractivity contribution in [3.63, 3.8) is 0 Å². The molecule has 1 rings (SSSR count). The number of aliphatic carboxylic acids is 1. The highest BCUT2D eigenvalue weighted by Crippen LogP contribution is 2.12. The molecular weight excluding hydrogens is 208 g/mol. The highest BCUT2D eigenvalue weighted by Gasteiger charge is 2.11. The van der Waals surface area contributed by atoms with E-state index in [1.807, 2.05) is 0 Å². The molecule has 0 saturated heterocycles. The van der Waals surface area contributed by atoms with E-state index in [0.717, 1.165) is 0 Å². The second kappa shape index (κ2) is 4.15. The normalized spacial score (nSPS) is 9.86. The molecule has 0 radical (unpaired) electrons. The lowest BCUT2D eigenvalue weighted by molar-refractivity contribution is -0.135. The van der Waals surface area contributed by atoms with Gasteiger partial charge >= 0.3 is 5.97 Å². The number of rotatable bonds is 3. The van der Waals surface area contributed by atoms with Crippen molar-refractivity contribution in [1.29, 1.82) is 0 Å². The van der Waals surface area contributed by atoms with Crippen molar-refractivity contribution < 1.29 is 14.7 Å². The Morgan fingerprint density at radius 1 is 1.64 bits per heavy atom. The minimum absolute atomic E-state index is 0.330. The van der Waals surface area contributed by atoms with Crippen LogP contribution in [-0.2, 0) is 11.8 Å². The molecule has 2 N–H and O–H groups in total. The minimum Gasteiger partial charge on any atom is -0.480 e. The Kier molecular flexibility index (Phi) is 3.14. The second-order valence-electron chi connectivity index (χ2n) is 2.73. The van der Waals surface area contributed by atoms with Gasteiger partial charge in [-0.05, 0) is 6.07 Å². The lowest BCUT2D eigenvalue weighted by Gasteiger charge is -2.02. The van der Waals surface area contributed by atoms with E-state index in [9.17, 15) is 9.59 Å². The molecule has 0 spiro atoms. The van der Waals surface area contributed by atoms with Gasteiger partial charge in [0.2, 0.25) is 0 Å². The van der Waals surface area contributed by atoms with Crippen LogP contribution in [0, 0.1) is 0 Å². The monoisotopic (exact) mass is 216 g/mol. The van der Waals surface area contributed by atoms with Crippen molar-refractivity contribution >= 4 is 23.5 Å². The SMILES string of the molecule is Cn1cc(Cl)cc1C(=O)NCC(=O)O. The first kappa shape index (κ1) is 10.6. The van der Waals surface area contributed by atoms with E-state index in [4.69, 9.17) is 16.7 Å². The number of nitrogens with one attached hydrogen (secondary N) is 1. The van der Waals surface area contributed by atoms with Gasteiger partial charge in [0, 0.05) is 13.2 Å². The molecule has 5 nitrogen and oxygen atoms in total. The van der Waals surface area contributed by atoms with E-state index >= 15 is 0 Å². The quantitative estimate of drug-likeness (QED) is 0.773. The van der Waals surface area contributed by atoms with Gasteiger partial charge in [0.05, 0.1) is 5.02 Å². The van der Waals surface area contributed by atoms with Crippen molar-refractivity contribution in [1.82, 2.24) is 9.88 Å². The lowest BCUT2D eigenvalue weighted by Crippen LogP contribution is -2.30. The van der Waals surface area contributed by atoms with Gasteiger partial charge in [0.1, 0.15) is 12.2 Å². The van der Waals surface area contributed by atoms with E-state index < -0.39 is 18.4 Å². The Hall–Kier alpha value is -1.49. The first-order valence-electron chi connectivity index (χ1n) is 3.82. The van der Waals surface area contributed by atoms with Gasteiger partial charge in [0.25, 0.3) is 5.91 Å². The number of hydrogen-bond acceptors (Lipinski definition) is 2. The zero-order chi connectivity index (χ0) is 10.7. The number of halogens is 1. The number of aryl methyl sites for hydroxylation is 1. The molecule has 0 fully saturated rings. The third-order valence-electron chi connectivity index (χ3n) is 1.60. The van der Waals surface area contributed by atoms with Crippen LogP contribution in [0.2, 0.25) is 5.02 Å². The standard InChI is InChI=1S/C8H9ClN2O3/c1-11-4-5(9)2-6(11)8(14)10-3-7(12)13/h2,4H,3H2,1H3,(H,10,14)(H,12,13). The van der Waals surface area contributed by atoms with Gasteiger partial charge < -0.3 is 15.0 Å². The Morgan fingerprint density at radius 2 is 2.29 bits per heavy atom. The fraction of sp³-hybridized carbons (Fsp3) is 0.250. The van der Waals surface area contributed by atoms with Gasteiger partial charge in [-0.3, -0.25) is 9.59 Å². The minimum atomic E-state index is -1.08. The predicted molar refractivity (Wildman–Crippen MR) is 50.4 cm³/mol. The number of nitrogens with zero attached hydrogens (tertiary/aromatic N) is 1. The molecule has 1 aromatic rings. The molecule has 0 bridgehead atoms. The summed E-state index contributed by atoms with van der Waals surface area (Å²) in [6, 6.07) is 1.47. The van der Waals surface area contributed by atoms with Crippen LogP contribution < -0.4 is 5.32 Å². The summed E-state index contributed by atoms with van der Waals surface area (Å²) >= 11 is 5.66. The smallest absolute Gasteiger partial charge is 0.322 e. The first-order valence-corrected chi connectivity index (χ1v) is 4.20. The molecule has 0 atom stereocenters. The molecule has 6 heteroatoms. The maximum atomic E-state index is 11.3. The van der Waals surface area contributed by atoms with Gasteiger partial charge in [0.15, 0.2) is 0 Å². The Morgan fingerprint density at radius 3 is 2.71 bits per heavy atom. The molecule has 0 saturated carbocycles. The van der Waals surface area contributed by atoms with E-state index in [0.29, 0.717) is 10.7 Å². The zero-order valence-electron chi connectivity index (χ0n) is 7.45. The zero-order valence-corrected chi connectivity index (χ0v) is 8.21. The number of aromatic nitrogens is 1. The van der Waals surface area contributed by atoms with Crippen LogP contribution in [0.1, 0.15) is 10.5 Å². The molecule has 0 aliphatic rings. The Labute approximate surface area is 85.3 Å². The van der Waals surface area contributed by atoms with Gasteiger partial charge in [-0.2, -0.15) is 0 Å². The van der Waals surface area contributed by atoms with Crippen molar-refractivity contribution in [2.24, 2.45) is 7.05 Å². The fourth-order valence-electron chi connectivity index (χ4n) is 0.996. The summed E-state index contributed by atoms with van der Waals surface area (Å²) < 4.78 is 1.53. The summed E-state index contributed by atoms with van der Waals surface area (Å²) in [5, 5.41) is 11.0. The fourth-order valence-corrected chi connectivity index (χ4v) is 1.25. The predicted octanol–water partition coefficient (Wildman–Crippen LogP) is 0.493. The second-order valence-corrected chi connectivity index (χ2v) is 3.17. The maximum Gasteiger partial charge on any atom is 0.322 e. The topological polar surface area (TPSA) is 71.3 Å². The summed E-state index contributed by atoms with van der Waals surface area (Å²) in [4.78, 5) is 21.5. The van der Waals surface area contributed by atoms with Gasteiger partial charge in [-0.1, -0.05) is 11.6 Å². The molecule has 0 unspecified atom stereocenters. The van der Waals surface area contributed by atoms with Crippen LogP contribution in [0.4, 0.5) is 0 Å². The third kappa shape index (κ3) is 2.50. The number of amides is 1. The van der Waals surface area contributed by atoms with Crippen molar-refractivity contribution in [3.05, 3.63) is 23.0 Å². The molecule has 76 valence electrons. The van der Waals surface area contributed by atoms with Crippen LogP contribution >= 0.6 is 11.6 Å². The van der Waals surface area contributed by atoms with Crippen molar-refractivity contribution in [3.8, 4) is 0 Å². The van der Waals surface area contributed by atoms with E-state index in [2.05, 4.69) is 5.32 Å². The van der Waals surface area contributed by atoms with E-state index in [-0.39, 0.29) is 0 Å². The van der Waals surface area contributed by atoms with Crippen molar-refractivity contribution in [2.75, 3.05) is 6.54 Å². The molecule has 0 aromatic carbocycles. The van der Waals surface area contributed by atoms with Crippen LogP contribution in [-0.4, -0.2) is 28.1 Å². The summed E-state index contributed by atoms with van der Waals surface area (Å²) in [6.07, 6.45) is 1.57. The molecule has 14 heavy (non-hydrogen) atoms. The summed E-state index contributed by atoms with van der Waals surface area (Å²) in [6.45, 7) is -0.401. The first-order chi connectivity index (χ1) is 6.50. The average molecular weight is 217 g/mol. The van der Waals surface area contributed by atoms with Gasteiger partial charge in [-0.25, -0.2) is 0 Å². The highest BCUT2D eigenvalue weighted by molar-refractivity contribution is 6.31. The number of carbonyl (C=O) groups is 2. The van der Waals surface area contributed by atoms with E-state index in [1.165, 1.54) is 10.6 Å². The number of hydrogen-bond donors (Lipinski definition) is 2. The lowest BCUT2D eigenvalue weighted by atomic mass is 10.4. The molecule has 1 heterocycles. The van der Waals surface area contributed by atoms with Gasteiger partial charge in [-0.15, -0.1) is 0 Å².